The zero-order valence-electron chi connectivity index (χ0n) is 10.8. The topological polar surface area (TPSA) is 68.1 Å². The zero-order chi connectivity index (χ0) is 13.8. The van der Waals surface area contributed by atoms with Crippen LogP contribution in [0, 0.1) is 17.0 Å². The molecule has 1 N–H and O–H groups in total. The lowest BCUT2D eigenvalue weighted by molar-refractivity contribution is -0.384. The number of rotatable bonds is 4. The molecule has 98 valence electrons. The van der Waals surface area contributed by atoms with Crippen LogP contribution in [0.25, 0.3) is 0 Å². The van der Waals surface area contributed by atoms with Crippen LogP contribution >= 0.6 is 0 Å². The SMILES string of the molecule is Cc1cccc([N+](=O)[O-])c1NC(C)c1ccccn1. The number of hydrogen-bond acceptors (Lipinski definition) is 4. The highest BCUT2D eigenvalue weighted by Crippen LogP contribution is 2.30. The van der Waals surface area contributed by atoms with Crippen LogP contribution in [0.5, 0.6) is 0 Å². The highest BCUT2D eigenvalue weighted by Gasteiger charge is 2.18. The van der Waals surface area contributed by atoms with E-state index < -0.39 is 0 Å². The third kappa shape index (κ3) is 2.88. The lowest BCUT2D eigenvalue weighted by Crippen LogP contribution is -2.10. The minimum Gasteiger partial charge on any atom is -0.371 e. The van der Waals surface area contributed by atoms with Gasteiger partial charge in [0.15, 0.2) is 0 Å². The molecule has 0 spiro atoms. The van der Waals surface area contributed by atoms with E-state index >= 15 is 0 Å². The second kappa shape index (κ2) is 5.48. The third-order valence-electron chi connectivity index (χ3n) is 2.94. The van der Waals surface area contributed by atoms with Crippen LogP contribution < -0.4 is 5.32 Å². The summed E-state index contributed by atoms with van der Waals surface area (Å²) >= 11 is 0. The first-order valence-corrected chi connectivity index (χ1v) is 6.01. The van der Waals surface area contributed by atoms with E-state index in [2.05, 4.69) is 10.3 Å². The van der Waals surface area contributed by atoms with E-state index in [0.29, 0.717) is 5.69 Å². The Hall–Kier alpha value is -2.43. The van der Waals surface area contributed by atoms with Gasteiger partial charge in [-0.3, -0.25) is 15.1 Å². The Kier molecular flexibility index (Phi) is 3.75. The van der Waals surface area contributed by atoms with Crippen molar-refractivity contribution in [2.45, 2.75) is 19.9 Å². The maximum atomic E-state index is 11.0. The fraction of sp³-hybridized carbons (Fsp3) is 0.214. The van der Waals surface area contributed by atoms with Crippen molar-refractivity contribution >= 4 is 11.4 Å². The van der Waals surface area contributed by atoms with Gasteiger partial charge in [0.2, 0.25) is 0 Å². The quantitative estimate of drug-likeness (QED) is 0.672. The van der Waals surface area contributed by atoms with Crippen LogP contribution in [0.2, 0.25) is 0 Å². The number of nitro groups is 1. The van der Waals surface area contributed by atoms with Crippen LogP contribution in [0.15, 0.2) is 42.6 Å². The number of para-hydroxylation sites is 1. The summed E-state index contributed by atoms with van der Waals surface area (Å²) in [6.45, 7) is 3.78. The summed E-state index contributed by atoms with van der Waals surface area (Å²) in [5.74, 6) is 0. The minimum absolute atomic E-state index is 0.0859. The number of nitro benzene ring substituents is 1. The Labute approximate surface area is 111 Å². The van der Waals surface area contributed by atoms with Crippen molar-refractivity contribution in [3.8, 4) is 0 Å². The molecule has 0 aliphatic carbocycles. The molecule has 0 saturated carbocycles. The van der Waals surface area contributed by atoms with Gasteiger partial charge in [0.1, 0.15) is 5.69 Å². The second-order valence-electron chi connectivity index (χ2n) is 4.35. The highest BCUT2D eigenvalue weighted by atomic mass is 16.6. The van der Waals surface area contributed by atoms with E-state index in [0.717, 1.165) is 11.3 Å². The van der Waals surface area contributed by atoms with Gasteiger partial charge in [-0.25, -0.2) is 0 Å². The first-order chi connectivity index (χ1) is 9.09. The molecule has 0 amide bonds. The molecule has 19 heavy (non-hydrogen) atoms. The fourth-order valence-corrected chi connectivity index (χ4v) is 1.91. The van der Waals surface area contributed by atoms with E-state index in [1.165, 1.54) is 6.07 Å². The minimum atomic E-state index is -0.375. The smallest absolute Gasteiger partial charge is 0.292 e. The lowest BCUT2D eigenvalue weighted by Gasteiger charge is -2.16. The number of aryl methyl sites for hydroxylation is 1. The van der Waals surface area contributed by atoms with E-state index in [-0.39, 0.29) is 16.7 Å². The average molecular weight is 257 g/mol. The predicted octanol–water partition coefficient (Wildman–Crippen LogP) is 3.47. The average Bonchev–Trinajstić information content (AvgIpc) is 2.41. The van der Waals surface area contributed by atoms with Crippen molar-refractivity contribution in [1.29, 1.82) is 0 Å². The molecule has 0 aliphatic rings. The molecular weight excluding hydrogens is 242 g/mol. The van der Waals surface area contributed by atoms with E-state index in [1.807, 2.05) is 38.1 Å². The summed E-state index contributed by atoms with van der Waals surface area (Å²) in [4.78, 5) is 14.9. The number of nitrogens with one attached hydrogen (secondary N) is 1. The largest absolute Gasteiger partial charge is 0.371 e. The number of aromatic nitrogens is 1. The molecule has 0 bridgehead atoms. The number of pyridine rings is 1. The van der Waals surface area contributed by atoms with Crippen LogP contribution in [-0.4, -0.2) is 9.91 Å². The Morgan fingerprint density at radius 2 is 2.05 bits per heavy atom. The normalized spacial score (nSPS) is 11.9. The van der Waals surface area contributed by atoms with Crippen molar-refractivity contribution < 1.29 is 4.92 Å². The Morgan fingerprint density at radius 1 is 1.26 bits per heavy atom. The monoisotopic (exact) mass is 257 g/mol. The molecule has 0 fully saturated rings. The molecule has 0 radical (unpaired) electrons. The maximum Gasteiger partial charge on any atom is 0.292 e. The van der Waals surface area contributed by atoms with Crippen molar-refractivity contribution in [3.63, 3.8) is 0 Å². The molecule has 1 atom stereocenters. The van der Waals surface area contributed by atoms with Gasteiger partial charge in [-0.1, -0.05) is 18.2 Å². The molecule has 0 saturated heterocycles. The summed E-state index contributed by atoms with van der Waals surface area (Å²) in [7, 11) is 0. The van der Waals surface area contributed by atoms with Crippen molar-refractivity contribution in [3.05, 3.63) is 64.0 Å². The van der Waals surface area contributed by atoms with Gasteiger partial charge < -0.3 is 5.32 Å². The summed E-state index contributed by atoms with van der Waals surface area (Å²) in [6.07, 6.45) is 1.71. The first kappa shape index (κ1) is 13.0. The standard InChI is InChI=1S/C14H15N3O2/c1-10-6-5-8-13(17(18)19)14(10)16-11(2)12-7-3-4-9-15-12/h3-9,11,16H,1-2H3. The molecule has 0 aliphatic heterocycles. The van der Waals surface area contributed by atoms with Crippen LogP contribution in [-0.2, 0) is 0 Å². The summed E-state index contributed by atoms with van der Waals surface area (Å²) < 4.78 is 0. The lowest BCUT2D eigenvalue weighted by atomic mass is 10.1. The van der Waals surface area contributed by atoms with Gasteiger partial charge in [-0.05, 0) is 31.5 Å². The van der Waals surface area contributed by atoms with Crippen LogP contribution in [0.3, 0.4) is 0 Å². The second-order valence-corrected chi connectivity index (χ2v) is 4.35. The molecule has 1 aromatic heterocycles. The van der Waals surface area contributed by atoms with Crippen LogP contribution in [0.1, 0.15) is 24.2 Å². The number of anilines is 1. The Morgan fingerprint density at radius 3 is 2.68 bits per heavy atom. The van der Waals surface area contributed by atoms with Gasteiger partial charge >= 0.3 is 0 Å². The number of nitrogens with zero attached hydrogens (tertiary/aromatic N) is 2. The van der Waals surface area contributed by atoms with Crippen molar-refractivity contribution in [2.75, 3.05) is 5.32 Å². The first-order valence-electron chi connectivity index (χ1n) is 6.01. The molecule has 5 heteroatoms. The molecule has 2 rings (SSSR count). The fourth-order valence-electron chi connectivity index (χ4n) is 1.91. The van der Waals surface area contributed by atoms with E-state index in [9.17, 15) is 10.1 Å². The molecule has 1 aromatic carbocycles. The van der Waals surface area contributed by atoms with Gasteiger partial charge in [-0.15, -0.1) is 0 Å². The summed E-state index contributed by atoms with van der Waals surface area (Å²) in [5, 5.41) is 14.2. The van der Waals surface area contributed by atoms with Crippen molar-refractivity contribution in [2.24, 2.45) is 0 Å². The molecule has 2 aromatic rings. The number of hydrogen-bond donors (Lipinski definition) is 1. The van der Waals surface area contributed by atoms with E-state index in [4.69, 9.17) is 0 Å². The van der Waals surface area contributed by atoms with Gasteiger partial charge in [0, 0.05) is 12.3 Å². The van der Waals surface area contributed by atoms with Gasteiger partial charge in [-0.2, -0.15) is 0 Å². The molecule has 5 nitrogen and oxygen atoms in total. The summed E-state index contributed by atoms with van der Waals surface area (Å²) in [6, 6.07) is 10.6. The van der Waals surface area contributed by atoms with E-state index in [1.54, 1.807) is 12.3 Å². The predicted molar refractivity (Wildman–Crippen MR) is 74.1 cm³/mol. The third-order valence-corrected chi connectivity index (χ3v) is 2.94. The van der Waals surface area contributed by atoms with Crippen LogP contribution in [0.4, 0.5) is 11.4 Å². The Balaban J connectivity index is 2.31. The zero-order valence-corrected chi connectivity index (χ0v) is 10.8. The van der Waals surface area contributed by atoms with Crippen molar-refractivity contribution in [1.82, 2.24) is 4.98 Å². The summed E-state index contributed by atoms with van der Waals surface area (Å²) in [5.41, 5.74) is 2.32. The Bertz CT molecular complexity index is 584. The van der Waals surface area contributed by atoms with Gasteiger partial charge in [0.05, 0.1) is 16.7 Å². The highest BCUT2D eigenvalue weighted by molar-refractivity contribution is 5.66. The number of benzene rings is 1. The molecular formula is C14H15N3O2. The maximum absolute atomic E-state index is 11.0. The molecule has 1 heterocycles. The van der Waals surface area contributed by atoms with Gasteiger partial charge in [0.25, 0.3) is 5.69 Å². The molecule has 1 unspecified atom stereocenters.